The second-order valence-corrected chi connectivity index (χ2v) is 7.28. The Bertz CT molecular complexity index is 696. The van der Waals surface area contributed by atoms with Gasteiger partial charge in [-0.15, -0.1) is 11.3 Å². The third-order valence-electron chi connectivity index (χ3n) is 4.04. The summed E-state index contributed by atoms with van der Waals surface area (Å²) < 4.78 is 0. The number of benzene rings is 1. The summed E-state index contributed by atoms with van der Waals surface area (Å²) in [7, 11) is 5.62. The summed E-state index contributed by atoms with van der Waals surface area (Å²) in [6.07, 6.45) is 0. The Morgan fingerprint density at radius 1 is 1.12 bits per heavy atom. The summed E-state index contributed by atoms with van der Waals surface area (Å²) in [5.74, 6) is -0.292. The number of carbonyl (C=O) groups excluding carboxylic acids is 2. The van der Waals surface area contributed by atoms with Crippen LogP contribution in [0.15, 0.2) is 41.8 Å². The molecule has 134 valence electrons. The standard InChI is InChI=1S/C19H25N3O2S/c1-14-7-9-15(10-8-14)16(21(2)3)12-20-18(23)13-22(4)19(24)17-6-5-11-25-17/h5-11,16H,12-13H2,1-4H3,(H,20,23)/t16-/m1/s1. The minimum absolute atomic E-state index is 0.0464. The van der Waals surface area contributed by atoms with Crippen molar-refractivity contribution < 1.29 is 9.59 Å². The van der Waals surface area contributed by atoms with E-state index in [1.165, 1.54) is 21.8 Å². The van der Waals surface area contributed by atoms with Gasteiger partial charge in [-0.2, -0.15) is 0 Å². The molecular formula is C19H25N3O2S. The van der Waals surface area contributed by atoms with Gasteiger partial charge in [0.05, 0.1) is 17.5 Å². The molecule has 0 radical (unpaired) electrons. The lowest BCUT2D eigenvalue weighted by Gasteiger charge is -2.26. The Kier molecular flexibility index (Phi) is 6.73. The van der Waals surface area contributed by atoms with E-state index in [-0.39, 0.29) is 24.4 Å². The predicted molar refractivity (Wildman–Crippen MR) is 102 cm³/mol. The number of rotatable bonds is 7. The lowest BCUT2D eigenvalue weighted by atomic mass is 10.0. The Hall–Kier alpha value is -2.18. The molecule has 0 aliphatic carbocycles. The molecule has 1 aromatic carbocycles. The van der Waals surface area contributed by atoms with Crippen LogP contribution in [-0.2, 0) is 4.79 Å². The first-order valence-electron chi connectivity index (χ1n) is 8.17. The van der Waals surface area contributed by atoms with Crippen molar-refractivity contribution in [2.45, 2.75) is 13.0 Å². The van der Waals surface area contributed by atoms with Crippen LogP contribution in [0, 0.1) is 6.92 Å². The molecule has 2 amide bonds. The number of nitrogens with one attached hydrogen (secondary N) is 1. The van der Waals surface area contributed by atoms with E-state index in [0.29, 0.717) is 11.4 Å². The van der Waals surface area contributed by atoms with Gasteiger partial charge in [0, 0.05) is 13.6 Å². The van der Waals surface area contributed by atoms with E-state index in [1.807, 2.05) is 25.5 Å². The molecule has 0 saturated heterocycles. The third-order valence-corrected chi connectivity index (χ3v) is 4.90. The highest BCUT2D eigenvalue weighted by Crippen LogP contribution is 2.18. The molecule has 0 fully saturated rings. The minimum Gasteiger partial charge on any atom is -0.353 e. The first-order valence-corrected chi connectivity index (χ1v) is 9.05. The van der Waals surface area contributed by atoms with Crippen molar-refractivity contribution in [3.05, 3.63) is 57.8 Å². The van der Waals surface area contributed by atoms with E-state index < -0.39 is 0 Å². The first kappa shape index (κ1) is 19.1. The van der Waals surface area contributed by atoms with E-state index in [2.05, 4.69) is 41.4 Å². The van der Waals surface area contributed by atoms with E-state index in [4.69, 9.17) is 0 Å². The Morgan fingerprint density at radius 2 is 1.80 bits per heavy atom. The molecule has 0 bridgehead atoms. The maximum absolute atomic E-state index is 12.2. The van der Waals surface area contributed by atoms with Crippen LogP contribution in [0.25, 0.3) is 0 Å². The fourth-order valence-electron chi connectivity index (χ4n) is 2.53. The van der Waals surface area contributed by atoms with Crippen LogP contribution >= 0.6 is 11.3 Å². The lowest BCUT2D eigenvalue weighted by Crippen LogP contribution is -2.41. The van der Waals surface area contributed by atoms with Crippen molar-refractivity contribution in [1.29, 1.82) is 0 Å². The van der Waals surface area contributed by atoms with E-state index in [0.717, 1.165) is 5.56 Å². The zero-order valence-corrected chi connectivity index (χ0v) is 16.0. The number of likely N-dealkylation sites (N-methyl/N-ethyl adjacent to an activating group) is 2. The van der Waals surface area contributed by atoms with Crippen LogP contribution in [0.5, 0.6) is 0 Å². The van der Waals surface area contributed by atoms with Gasteiger partial charge in [-0.25, -0.2) is 0 Å². The van der Waals surface area contributed by atoms with E-state index in [9.17, 15) is 9.59 Å². The molecule has 1 atom stereocenters. The van der Waals surface area contributed by atoms with Gasteiger partial charge in [0.25, 0.3) is 5.91 Å². The van der Waals surface area contributed by atoms with Crippen molar-refractivity contribution in [3.63, 3.8) is 0 Å². The Labute approximate surface area is 153 Å². The number of amides is 2. The van der Waals surface area contributed by atoms with Crippen molar-refractivity contribution >= 4 is 23.2 Å². The maximum Gasteiger partial charge on any atom is 0.264 e. The van der Waals surface area contributed by atoms with Gasteiger partial charge in [-0.1, -0.05) is 35.9 Å². The average molecular weight is 359 g/mol. The third kappa shape index (κ3) is 5.41. The minimum atomic E-state index is -0.161. The van der Waals surface area contributed by atoms with Gasteiger partial charge in [0.1, 0.15) is 0 Å². The molecule has 25 heavy (non-hydrogen) atoms. The molecule has 5 nitrogen and oxygen atoms in total. The highest BCUT2D eigenvalue weighted by Gasteiger charge is 2.18. The van der Waals surface area contributed by atoms with Crippen LogP contribution in [0.3, 0.4) is 0 Å². The molecule has 0 unspecified atom stereocenters. The van der Waals surface area contributed by atoms with Crippen molar-refractivity contribution in [1.82, 2.24) is 15.1 Å². The topological polar surface area (TPSA) is 52.7 Å². The lowest BCUT2D eigenvalue weighted by molar-refractivity contribution is -0.121. The SMILES string of the molecule is Cc1ccc([C@@H](CNC(=O)CN(C)C(=O)c2cccs2)N(C)C)cc1. The molecule has 0 saturated carbocycles. The monoisotopic (exact) mass is 359 g/mol. The molecule has 0 aliphatic rings. The van der Waals surface area contributed by atoms with Gasteiger partial charge in [-0.3, -0.25) is 9.59 Å². The normalized spacial score (nSPS) is 12.0. The van der Waals surface area contributed by atoms with Gasteiger partial charge < -0.3 is 15.1 Å². The zero-order valence-electron chi connectivity index (χ0n) is 15.2. The highest BCUT2D eigenvalue weighted by atomic mass is 32.1. The summed E-state index contributed by atoms with van der Waals surface area (Å²) in [4.78, 5) is 28.6. The summed E-state index contributed by atoms with van der Waals surface area (Å²) in [6, 6.07) is 12.0. The largest absolute Gasteiger partial charge is 0.353 e. The second-order valence-electron chi connectivity index (χ2n) is 6.33. The maximum atomic E-state index is 12.2. The zero-order chi connectivity index (χ0) is 18.4. The van der Waals surface area contributed by atoms with Gasteiger partial charge >= 0.3 is 0 Å². The molecule has 6 heteroatoms. The van der Waals surface area contributed by atoms with Crippen LogP contribution in [-0.4, -0.2) is 55.8 Å². The van der Waals surface area contributed by atoms with Crippen molar-refractivity contribution in [2.24, 2.45) is 0 Å². The predicted octanol–water partition coefficient (Wildman–Crippen LogP) is 2.55. The van der Waals surface area contributed by atoms with Gasteiger partial charge in [-0.05, 0) is 38.0 Å². The van der Waals surface area contributed by atoms with Crippen LogP contribution < -0.4 is 5.32 Å². The molecule has 2 rings (SSSR count). The highest BCUT2D eigenvalue weighted by molar-refractivity contribution is 7.12. The number of hydrogen-bond donors (Lipinski definition) is 1. The van der Waals surface area contributed by atoms with E-state index >= 15 is 0 Å². The molecule has 2 aromatic rings. The van der Waals surface area contributed by atoms with Gasteiger partial charge in [0.15, 0.2) is 0 Å². The summed E-state index contributed by atoms with van der Waals surface area (Å²) in [5, 5.41) is 4.79. The molecule has 1 aromatic heterocycles. The number of hydrogen-bond acceptors (Lipinski definition) is 4. The quantitative estimate of drug-likeness (QED) is 0.827. The molecular weight excluding hydrogens is 334 g/mol. The first-order chi connectivity index (χ1) is 11.9. The van der Waals surface area contributed by atoms with E-state index in [1.54, 1.807) is 13.1 Å². The van der Waals surface area contributed by atoms with Crippen molar-refractivity contribution in [3.8, 4) is 0 Å². The molecule has 0 aliphatic heterocycles. The number of nitrogens with zero attached hydrogens (tertiary/aromatic N) is 2. The fraction of sp³-hybridized carbons (Fsp3) is 0.368. The summed E-state index contributed by atoms with van der Waals surface area (Å²) in [5.41, 5.74) is 2.36. The summed E-state index contributed by atoms with van der Waals surface area (Å²) >= 11 is 1.38. The van der Waals surface area contributed by atoms with Gasteiger partial charge in [0.2, 0.25) is 5.91 Å². The molecule has 1 heterocycles. The van der Waals surface area contributed by atoms with Crippen molar-refractivity contribution in [2.75, 3.05) is 34.2 Å². The Morgan fingerprint density at radius 3 is 2.36 bits per heavy atom. The number of aryl methyl sites for hydroxylation is 1. The molecule has 0 spiro atoms. The van der Waals surface area contributed by atoms with Crippen LogP contribution in [0.2, 0.25) is 0 Å². The second kappa shape index (κ2) is 8.78. The fourth-order valence-corrected chi connectivity index (χ4v) is 3.25. The summed E-state index contributed by atoms with van der Waals surface area (Å²) in [6.45, 7) is 2.59. The molecule has 1 N–H and O–H groups in total. The van der Waals surface area contributed by atoms with Crippen LogP contribution in [0.4, 0.5) is 0 Å². The van der Waals surface area contributed by atoms with Crippen LogP contribution in [0.1, 0.15) is 26.8 Å². The number of thiophene rings is 1. The number of carbonyl (C=O) groups is 2. The average Bonchev–Trinajstić information content (AvgIpc) is 3.10. The Balaban J connectivity index is 1.90. The smallest absolute Gasteiger partial charge is 0.264 e.